The largest absolute Gasteiger partial charge is 0.481 e. The molecule has 0 saturated carbocycles. The van der Waals surface area contributed by atoms with Crippen LogP contribution < -0.4 is 4.74 Å². The third kappa shape index (κ3) is 3.70. The number of carbonyl (C=O) groups excluding carboxylic acids is 1. The maximum atomic E-state index is 13.4. The number of rotatable bonds is 5. The van der Waals surface area contributed by atoms with Crippen molar-refractivity contribution < 1.29 is 9.53 Å². The summed E-state index contributed by atoms with van der Waals surface area (Å²) in [5.41, 5.74) is 4.58. The van der Waals surface area contributed by atoms with Crippen molar-refractivity contribution in [3.05, 3.63) is 90.6 Å². The van der Waals surface area contributed by atoms with Crippen LogP contribution in [-0.2, 0) is 4.79 Å². The van der Waals surface area contributed by atoms with E-state index in [0.717, 1.165) is 36.3 Å². The Kier molecular flexibility index (Phi) is 5.21. The summed E-state index contributed by atoms with van der Waals surface area (Å²) in [4.78, 5) is 19.0. The number of hydrogen-bond acceptors (Lipinski definition) is 2. The molecular formula is C27H26N2O2. The van der Waals surface area contributed by atoms with Crippen LogP contribution in [0.3, 0.4) is 0 Å². The Labute approximate surface area is 182 Å². The standard InChI is InChI=1S/C27H26N2O2/c1-19(31-21-13-6-3-7-14-21)27(30)29-18-10-17-24(29)26-25(20-11-4-2-5-12-20)22-15-8-9-16-23(22)28-26/h2-9,11-16,19,24,28H,10,17-18H2,1H3. The fraction of sp³-hybridized carbons (Fsp3) is 0.222. The van der Waals surface area contributed by atoms with Crippen molar-refractivity contribution in [3.63, 3.8) is 0 Å². The van der Waals surface area contributed by atoms with Crippen LogP contribution in [0.2, 0.25) is 0 Å². The van der Waals surface area contributed by atoms with E-state index in [2.05, 4.69) is 47.4 Å². The summed E-state index contributed by atoms with van der Waals surface area (Å²) in [5, 5.41) is 1.19. The van der Waals surface area contributed by atoms with Gasteiger partial charge in [0, 0.05) is 28.7 Å². The first-order valence-electron chi connectivity index (χ1n) is 10.9. The average molecular weight is 411 g/mol. The van der Waals surface area contributed by atoms with Crippen LogP contribution in [0.1, 0.15) is 31.5 Å². The zero-order chi connectivity index (χ0) is 21.2. The number of ether oxygens (including phenoxy) is 1. The lowest BCUT2D eigenvalue weighted by atomic mass is 9.97. The molecule has 1 aliphatic rings. The van der Waals surface area contributed by atoms with E-state index in [0.29, 0.717) is 0 Å². The number of nitrogens with one attached hydrogen (secondary N) is 1. The molecule has 1 aromatic heterocycles. The van der Waals surface area contributed by atoms with E-state index >= 15 is 0 Å². The van der Waals surface area contributed by atoms with Gasteiger partial charge < -0.3 is 14.6 Å². The topological polar surface area (TPSA) is 45.3 Å². The Balaban J connectivity index is 1.50. The summed E-state index contributed by atoms with van der Waals surface area (Å²) in [6, 6.07) is 28.4. The number of hydrogen-bond donors (Lipinski definition) is 1. The Morgan fingerprint density at radius 1 is 0.968 bits per heavy atom. The number of aromatic amines is 1. The van der Waals surface area contributed by atoms with Gasteiger partial charge in [-0.3, -0.25) is 4.79 Å². The summed E-state index contributed by atoms with van der Waals surface area (Å²) in [6.45, 7) is 2.59. The minimum Gasteiger partial charge on any atom is -0.481 e. The molecule has 3 aromatic carbocycles. The molecule has 31 heavy (non-hydrogen) atoms. The van der Waals surface area contributed by atoms with Crippen LogP contribution in [-0.4, -0.2) is 28.4 Å². The van der Waals surface area contributed by atoms with Gasteiger partial charge in [-0.05, 0) is 43.5 Å². The van der Waals surface area contributed by atoms with Gasteiger partial charge in [-0.2, -0.15) is 0 Å². The Morgan fingerprint density at radius 2 is 1.65 bits per heavy atom. The van der Waals surface area contributed by atoms with Crippen molar-refractivity contribution in [1.82, 2.24) is 9.88 Å². The van der Waals surface area contributed by atoms with E-state index in [1.165, 1.54) is 16.5 Å². The smallest absolute Gasteiger partial charge is 0.263 e. The average Bonchev–Trinajstić information content (AvgIpc) is 3.44. The second-order valence-electron chi connectivity index (χ2n) is 8.09. The Morgan fingerprint density at radius 3 is 2.42 bits per heavy atom. The fourth-order valence-electron chi connectivity index (χ4n) is 4.65. The minimum atomic E-state index is -0.535. The number of nitrogens with zero attached hydrogens (tertiary/aromatic N) is 1. The predicted molar refractivity (Wildman–Crippen MR) is 124 cm³/mol. The number of aromatic nitrogens is 1. The van der Waals surface area contributed by atoms with Crippen LogP contribution in [0, 0.1) is 0 Å². The fourth-order valence-corrected chi connectivity index (χ4v) is 4.65. The molecule has 4 aromatic rings. The highest BCUT2D eigenvalue weighted by Gasteiger charge is 2.36. The molecule has 4 heteroatoms. The predicted octanol–water partition coefficient (Wildman–Crippen LogP) is 5.97. The van der Waals surface area contributed by atoms with Crippen molar-refractivity contribution in [2.45, 2.75) is 31.9 Å². The number of H-pyrrole nitrogens is 1. The molecule has 2 atom stereocenters. The van der Waals surface area contributed by atoms with Crippen molar-refractivity contribution in [3.8, 4) is 16.9 Å². The van der Waals surface area contributed by atoms with Crippen molar-refractivity contribution in [2.24, 2.45) is 0 Å². The Hall–Kier alpha value is -3.53. The molecule has 1 N–H and O–H groups in total. The first-order chi connectivity index (χ1) is 15.2. The second kappa shape index (κ2) is 8.31. The summed E-state index contributed by atoms with van der Waals surface area (Å²) in [6.07, 6.45) is 1.39. The summed E-state index contributed by atoms with van der Waals surface area (Å²) < 4.78 is 5.95. The molecule has 2 unspecified atom stereocenters. The molecule has 1 saturated heterocycles. The van der Waals surface area contributed by atoms with E-state index in [4.69, 9.17) is 4.74 Å². The van der Waals surface area contributed by atoms with Crippen LogP contribution in [0.5, 0.6) is 5.75 Å². The maximum Gasteiger partial charge on any atom is 0.263 e. The molecule has 1 amide bonds. The van der Waals surface area contributed by atoms with Gasteiger partial charge in [0.25, 0.3) is 5.91 Å². The molecular weight excluding hydrogens is 384 g/mol. The molecule has 156 valence electrons. The van der Waals surface area contributed by atoms with Gasteiger partial charge in [0.15, 0.2) is 6.10 Å². The van der Waals surface area contributed by atoms with Gasteiger partial charge in [-0.15, -0.1) is 0 Å². The zero-order valence-corrected chi connectivity index (χ0v) is 17.6. The number of carbonyl (C=O) groups is 1. The first kappa shape index (κ1) is 19.4. The minimum absolute atomic E-state index is 0.0110. The summed E-state index contributed by atoms with van der Waals surface area (Å²) >= 11 is 0. The quantitative estimate of drug-likeness (QED) is 0.441. The third-order valence-electron chi connectivity index (χ3n) is 6.07. The number of benzene rings is 3. The molecule has 4 nitrogen and oxygen atoms in total. The van der Waals surface area contributed by atoms with E-state index in [9.17, 15) is 4.79 Å². The second-order valence-corrected chi connectivity index (χ2v) is 8.09. The molecule has 0 aliphatic carbocycles. The van der Waals surface area contributed by atoms with Gasteiger partial charge >= 0.3 is 0 Å². The van der Waals surface area contributed by atoms with Crippen LogP contribution in [0.15, 0.2) is 84.9 Å². The Bertz CT molecular complexity index is 1180. The van der Waals surface area contributed by atoms with Crippen LogP contribution >= 0.6 is 0 Å². The molecule has 5 rings (SSSR count). The normalized spacial score (nSPS) is 17.1. The highest BCUT2D eigenvalue weighted by atomic mass is 16.5. The number of amides is 1. The van der Waals surface area contributed by atoms with Crippen molar-refractivity contribution in [1.29, 1.82) is 0 Å². The number of para-hydroxylation sites is 2. The zero-order valence-electron chi connectivity index (χ0n) is 17.6. The van der Waals surface area contributed by atoms with Crippen molar-refractivity contribution >= 4 is 16.8 Å². The van der Waals surface area contributed by atoms with Gasteiger partial charge in [0.1, 0.15) is 5.75 Å². The SMILES string of the molecule is CC(Oc1ccccc1)C(=O)N1CCCC1c1[nH]c2ccccc2c1-c1ccccc1. The number of likely N-dealkylation sites (tertiary alicyclic amines) is 1. The summed E-state index contributed by atoms with van der Waals surface area (Å²) in [5.74, 6) is 0.749. The van der Waals surface area contributed by atoms with Crippen LogP contribution in [0.4, 0.5) is 0 Å². The van der Waals surface area contributed by atoms with Gasteiger partial charge in [-0.1, -0.05) is 66.7 Å². The van der Waals surface area contributed by atoms with E-state index in [1.807, 2.05) is 54.3 Å². The van der Waals surface area contributed by atoms with E-state index < -0.39 is 6.10 Å². The van der Waals surface area contributed by atoms with Gasteiger partial charge in [-0.25, -0.2) is 0 Å². The summed E-state index contributed by atoms with van der Waals surface area (Å²) in [7, 11) is 0. The van der Waals surface area contributed by atoms with Gasteiger partial charge in [0.05, 0.1) is 6.04 Å². The highest BCUT2D eigenvalue weighted by molar-refractivity contribution is 5.98. The lowest BCUT2D eigenvalue weighted by Crippen LogP contribution is -2.40. The monoisotopic (exact) mass is 410 g/mol. The third-order valence-corrected chi connectivity index (χ3v) is 6.07. The molecule has 0 radical (unpaired) electrons. The lowest BCUT2D eigenvalue weighted by Gasteiger charge is -2.28. The van der Waals surface area contributed by atoms with Crippen LogP contribution in [0.25, 0.3) is 22.0 Å². The molecule has 1 aliphatic heterocycles. The highest BCUT2D eigenvalue weighted by Crippen LogP contribution is 2.41. The van der Waals surface area contributed by atoms with E-state index in [1.54, 1.807) is 0 Å². The maximum absolute atomic E-state index is 13.4. The molecule has 0 bridgehead atoms. The number of fused-ring (bicyclic) bond motifs is 1. The molecule has 1 fully saturated rings. The molecule has 2 heterocycles. The molecule has 0 spiro atoms. The van der Waals surface area contributed by atoms with Gasteiger partial charge in [0.2, 0.25) is 0 Å². The van der Waals surface area contributed by atoms with Crippen molar-refractivity contribution in [2.75, 3.05) is 6.54 Å². The lowest BCUT2D eigenvalue weighted by molar-refractivity contribution is -0.139. The first-order valence-corrected chi connectivity index (χ1v) is 10.9. The van der Waals surface area contributed by atoms with E-state index in [-0.39, 0.29) is 11.9 Å².